The number of amides is 1. The van der Waals surface area contributed by atoms with Crippen LogP contribution in [0.25, 0.3) is 11.4 Å². The second-order valence-corrected chi connectivity index (χ2v) is 8.61. The van der Waals surface area contributed by atoms with Gasteiger partial charge < -0.3 is 9.32 Å². The van der Waals surface area contributed by atoms with Crippen LogP contribution in [0, 0.1) is 5.82 Å². The van der Waals surface area contributed by atoms with Crippen molar-refractivity contribution in [1.29, 1.82) is 0 Å². The summed E-state index contributed by atoms with van der Waals surface area (Å²) in [5.74, 6) is 0.984. The van der Waals surface area contributed by atoms with Crippen LogP contribution in [0.15, 0.2) is 76.8 Å². The molecule has 3 heterocycles. The van der Waals surface area contributed by atoms with Crippen LogP contribution in [-0.4, -0.2) is 42.9 Å². The van der Waals surface area contributed by atoms with Crippen molar-refractivity contribution in [3.63, 3.8) is 0 Å². The maximum atomic E-state index is 13.5. The highest BCUT2D eigenvalue weighted by Crippen LogP contribution is 2.28. The van der Waals surface area contributed by atoms with E-state index >= 15 is 0 Å². The number of thioether (sulfide) groups is 1. The molecule has 0 aliphatic carbocycles. The Labute approximate surface area is 189 Å². The molecular formula is C23H22FN5O2S. The van der Waals surface area contributed by atoms with Gasteiger partial charge in [-0.15, -0.1) is 10.2 Å². The van der Waals surface area contributed by atoms with E-state index < -0.39 is 5.25 Å². The number of hydrogen-bond acceptors (Lipinski definition) is 6. The number of furan rings is 1. The van der Waals surface area contributed by atoms with Crippen LogP contribution in [-0.2, 0) is 17.9 Å². The van der Waals surface area contributed by atoms with Gasteiger partial charge in [-0.05, 0) is 48.9 Å². The number of carbonyl (C=O) groups excluding carboxylic acids is 1. The SMILES string of the molecule is CC(Sc1nnc(-c2cccnc2)n1Cc1ccco1)C(=O)N(C)Cc1cccc(F)c1. The van der Waals surface area contributed by atoms with Crippen molar-refractivity contribution in [2.45, 2.75) is 30.4 Å². The van der Waals surface area contributed by atoms with Gasteiger partial charge in [0.2, 0.25) is 5.91 Å². The van der Waals surface area contributed by atoms with E-state index in [0.29, 0.717) is 24.1 Å². The lowest BCUT2D eigenvalue weighted by Gasteiger charge is -2.21. The second-order valence-electron chi connectivity index (χ2n) is 7.30. The van der Waals surface area contributed by atoms with Crippen LogP contribution in [0.3, 0.4) is 0 Å². The Morgan fingerprint density at radius 2 is 2.09 bits per heavy atom. The minimum atomic E-state index is -0.421. The van der Waals surface area contributed by atoms with Gasteiger partial charge in [-0.2, -0.15) is 0 Å². The largest absolute Gasteiger partial charge is 0.467 e. The maximum Gasteiger partial charge on any atom is 0.235 e. The predicted octanol–water partition coefficient (Wildman–Crippen LogP) is 4.26. The summed E-state index contributed by atoms with van der Waals surface area (Å²) < 4.78 is 20.9. The number of nitrogens with zero attached hydrogens (tertiary/aromatic N) is 5. The van der Waals surface area contributed by atoms with E-state index in [4.69, 9.17) is 4.42 Å². The number of pyridine rings is 1. The molecule has 9 heteroatoms. The Morgan fingerprint density at radius 3 is 2.81 bits per heavy atom. The number of rotatable bonds is 8. The third-order valence-corrected chi connectivity index (χ3v) is 5.91. The lowest BCUT2D eigenvalue weighted by molar-refractivity contribution is -0.129. The molecule has 7 nitrogen and oxygen atoms in total. The monoisotopic (exact) mass is 451 g/mol. The van der Waals surface area contributed by atoms with E-state index in [1.54, 1.807) is 42.7 Å². The molecule has 0 saturated heterocycles. The average molecular weight is 452 g/mol. The molecule has 0 N–H and O–H groups in total. The predicted molar refractivity (Wildman–Crippen MR) is 119 cm³/mol. The quantitative estimate of drug-likeness (QED) is 0.373. The van der Waals surface area contributed by atoms with E-state index in [-0.39, 0.29) is 11.7 Å². The summed E-state index contributed by atoms with van der Waals surface area (Å²) in [4.78, 5) is 18.7. The standard InChI is InChI=1S/C23H22FN5O2S/c1-16(22(30)28(2)14-17-6-3-8-19(24)12-17)32-23-27-26-21(18-7-4-10-25-13-18)29(23)15-20-9-5-11-31-20/h3-13,16H,14-15H2,1-2H3. The van der Waals surface area contributed by atoms with E-state index in [1.165, 1.54) is 23.9 Å². The molecule has 4 aromatic rings. The molecule has 0 spiro atoms. The highest BCUT2D eigenvalue weighted by atomic mass is 32.2. The first-order chi connectivity index (χ1) is 15.5. The van der Waals surface area contributed by atoms with Gasteiger partial charge in [-0.3, -0.25) is 14.3 Å². The van der Waals surface area contributed by atoms with Crippen molar-refractivity contribution >= 4 is 17.7 Å². The molecule has 1 unspecified atom stereocenters. The number of hydrogen-bond donors (Lipinski definition) is 0. The summed E-state index contributed by atoms with van der Waals surface area (Å²) >= 11 is 1.32. The number of aromatic nitrogens is 4. The molecule has 1 aromatic carbocycles. The van der Waals surface area contributed by atoms with Crippen LogP contribution in [0.1, 0.15) is 18.2 Å². The maximum absolute atomic E-state index is 13.5. The highest BCUT2D eigenvalue weighted by molar-refractivity contribution is 8.00. The molecule has 0 saturated carbocycles. The molecule has 1 atom stereocenters. The minimum absolute atomic E-state index is 0.0882. The number of benzene rings is 1. The summed E-state index contributed by atoms with van der Waals surface area (Å²) in [7, 11) is 1.71. The van der Waals surface area contributed by atoms with Crippen LogP contribution >= 0.6 is 11.8 Å². The molecular weight excluding hydrogens is 429 g/mol. The third-order valence-electron chi connectivity index (χ3n) is 4.85. The Hall–Kier alpha value is -3.46. The Bertz CT molecular complexity index is 1180. The second kappa shape index (κ2) is 9.78. The molecule has 32 heavy (non-hydrogen) atoms. The zero-order valence-electron chi connectivity index (χ0n) is 17.7. The Kier molecular flexibility index (Phi) is 6.65. The Balaban J connectivity index is 1.53. The van der Waals surface area contributed by atoms with Gasteiger partial charge in [0, 0.05) is 31.5 Å². The summed E-state index contributed by atoms with van der Waals surface area (Å²) in [6.45, 7) is 2.57. The summed E-state index contributed by atoms with van der Waals surface area (Å²) in [5, 5.41) is 8.86. The first-order valence-electron chi connectivity index (χ1n) is 10.0. The van der Waals surface area contributed by atoms with Crippen molar-refractivity contribution in [2.24, 2.45) is 0 Å². The first kappa shape index (κ1) is 21.8. The Morgan fingerprint density at radius 1 is 1.22 bits per heavy atom. The third kappa shape index (κ3) is 5.05. The zero-order chi connectivity index (χ0) is 22.5. The van der Waals surface area contributed by atoms with Crippen molar-refractivity contribution in [2.75, 3.05) is 7.05 Å². The van der Waals surface area contributed by atoms with Crippen molar-refractivity contribution in [3.8, 4) is 11.4 Å². The molecule has 3 aromatic heterocycles. The number of carbonyl (C=O) groups is 1. The molecule has 164 valence electrons. The van der Waals surface area contributed by atoms with Gasteiger partial charge in [-0.1, -0.05) is 23.9 Å². The van der Waals surface area contributed by atoms with Gasteiger partial charge in [0.15, 0.2) is 11.0 Å². The lowest BCUT2D eigenvalue weighted by Crippen LogP contribution is -2.33. The van der Waals surface area contributed by atoms with E-state index in [2.05, 4.69) is 15.2 Å². The van der Waals surface area contributed by atoms with Crippen LogP contribution < -0.4 is 0 Å². The molecule has 0 radical (unpaired) electrons. The summed E-state index contributed by atoms with van der Waals surface area (Å²) in [5.41, 5.74) is 1.55. The van der Waals surface area contributed by atoms with Crippen molar-refractivity contribution < 1.29 is 13.6 Å². The average Bonchev–Trinajstić information content (AvgIpc) is 3.44. The van der Waals surface area contributed by atoms with Gasteiger partial charge in [0.1, 0.15) is 11.6 Å². The molecule has 0 fully saturated rings. The van der Waals surface area contributed by atoms with E-state index in [1.807, 2.05) is 35.8 Å². The number of halogens is 1. The molecule has 4 rings (SSSR count). The molecule has 0 aliphatic rings. The molecule has 0 aliphatic heterocycles. The van der Waals surface area contributed by atoms with Crippen LogP contribution in [0.2, 0.25) is 0 Å². The normalized spacial score (nSPS) is 12.0. The minimum Gasteiger partial charge on any atom is -0.467 e. The van der Waals surface area contributed by atoms with Crippen LogP contribution in [0.4, 0.5) is 4.39 Å². The topological polar surface area (TPSA) is 77.0 Å². The van der Waals surface area contributed by atoms with Crippen molar-refractivity contribution in [1.82, 2.24) is 24.6 Å². The van der Waals surface area contributed by atoms with Gasteiger partial charge in [-0.25, -0.2) is 4.39 Å². The van der Waals surface area contributed by atoms with E-state index in [0.717, 1.165) is 16.9 Å². The summed E-state index contributed by atoms with van der Waals surface area (Å²) in [6, 6.07) is 13.7. The van der Waals surface area contributed by atoms with Gasteiger partial charge in [0.25, 0.3) is 0 Å². The molecule has 0 bridgehead atoms. The van der Waals surface area contributed by atoms with Gasteiger partial charge in [0.05, 0.1) is 18.1 Å². The van der Waals surface area contributed by atoms with Gasteiger partial charge >= 0.3 is 0 Å². The summed E-state index contributed by atoms with van der Waals surface area (Å²) in [6.07, 6.45) is 5.03. The lowest BCUT2D eigenvalue weighted by atomic mass is 10.2. The zero-order valence-corrected chi connectivity index (χ0v) is 18.5. The highest BCUT2D eigenvalue weighted by Gasteiger charge is 2.24. The van der Waals surface area contributed by atoms with Crippen molar-refractivity contribution in [3.05, 3.63) is 84.3 Å². The fraction of sp³-hybridized carbons (Fsp3) is 0.217. The van der Waals surface area contributed by atoms with Crippen LogP contribution in [0.5, 0.6) is 0 Å². The fourth-order valence-corrected chi connectivity index (χ4v) is 4.25. The fourth-order valence-electron chi connectivity index (χ4n) is 3.29. The molecule has 1 amide bonds. The first-order valence-corrected chi connectivity index (χ1v) is 10.9. The smallest absolute Gasteiger partial charge is 0.235 e. The van der Waals surface area contributed by atoms with E-state index in [9.17, 15) is 9.18 Å².